The Kier molecular flexibility index (Phi) is 5.61. The number of aliphatic hydroxyl groups excluding tert-OH is 1. The molecule has 0 fully saturated rings. The van der Waals surface area contributed by atoms with E-state index < -0.39 is 6.10 Å². The van der Waals surface area contributed by atoms with Gasteiger partial charge in [-0.05, 0) is 42.7 Å². The highest BCUT2D eigenvalue weighted by Gasteiger charge is 2.14. The van der Waals surface area contributed by atoms with Crippen LogP contribution in [0.25, 0.3) is 0 Å². The SMILES string of the molecule is COc1cc(CCC(O)c2ccccn2)cc(OC)c1OC. The van der Waals surface area contributed by atoms with Crippen LogP contribution in [0.2, 0.25) is 0 Å². The quantitative estimate of drug-likeness (QED) is 0.852. The molecule has 0 aliphatic carbocycles. The Bertz CT molecular complexity index is 576. The minimum atomic E-state index is -0.597. The zero-order valence-electron chi connectivity index (χ0n) is 13.1. The molecule has 1 N–H and O–H groups in total. The van der Waals surface area contributed by atoms with Gasteiger partial charge in [0.25, 0.3) is 0 Å². The summed E-state index contributed by atoms with van der Waals surface area (Å²) in [4.78, 5) is 4.17. The maximum Gasteiger partial charge on any atom is 0.203 e. The number of rotatable bonds is 7. The predicted octanol–water partition coefficient (Wildman–Crippen LogP) is 2.77. The van der Waals surface area contributed by atoms with Gasteiger partial charge in [0.1, 0.15) is 0 Å². The van der Waals surface area contributed by atoms with Crippen molar-refractivity contribution in [2.24, 2.45) is 0 Å². The second-order valence-corrected chi connectivity index (χ2v) is 4.84. The number of ether oxygens (including phenoxy) is 3. The molecule has 0 aliphatic heterocycles. The lowest BCUT2D eigenvalue weighted by atomic mass is 10.0. The van der Waals surface area contributed by atoms with E-state index >= 15 is 0 Å². The standard InChI is InChI=1S/C17H21NO4/c1-20-15-10-12(11-16(21-2)17(15)22-3)7-8-14(19)13-6-4-5-9-18-13/h4-6,9-11,14,19H,7-8H2,1-3H3. The highest BCUT2D eigenvalue weighted by atomic mass is 16.5. The van der Waals surface area contributed by atoms with Crippen molar-refractivity contribution in [3.63, 3.8) is 0 Å². The van der Waals surface area contributed by atoms with E-state index in [1.54, 1.807) is 27.5 Å². The van der Waals surface area contributed by atoms with E-state index in [1.165, 1.54) is 0 Å². The smallest absolute Gasteiger partial charge is 0.203 e. The van der Waals surface area contributed by atoms with Crippen LogP contribution in [0.15, 0.2) is 36.5 Å². The van der Waals surface area contributed by atoms with Crippen LogP contribution in [0.5, 0.6) is 17.2 Å². The highest BCUT2D eigenvalue weighted by molar-refractivity contribution is 5.53. The van der Waals surface area contributed by atoms with Crippen LogP contribution >= 0.6 is 0 Å². The molecule has 1 unspecified atom stereocenters. The Morgan fingerprint density at radius 1 is 1.05 bits per heavy atom. The summed E-state index contributed by atoms with van der Waals surface area (Å²) in [5, 5.41) is 10.2. The van der Waals surface area contributed by atoms with Crippen molar-refractivity contribution >= 4 is 0 Å². The number of benzene rings is 1. The number of aliphatic hydroxyl groups is 1. The van der Waals surface area contributed by atoms with Gasteiger partial charge in [-0.15, -0.1) is 0 Å². The first-order valence-corrected chi connectivity index (χ1v) is 7.07. The van der Waals surface area contributed by atoms with E-state index in [0.717, 1.165) is 5.56 Å². The fourth-order valence-electron chi connectivity index (χ4n) is 2.30. The summed E-state index contributed by atoms with van der Waals surface area (Å²) in [6, 6.07) is 9.30. The first-order chi connectivity index (χ1) is 10.7. The van der Waals surface area contributed by atoms with Crippen molar-refractivity contribution in [2.75, 3.05) is 21.3 Å². The molecule has 0 radical (unpaired) electrons. The molecule has 22 heavy (non-hydrogen) atoms. The molecule has 2 aromatic rings. The molecule has 0 bridgehead atoms. The molecule has 1 aromatic carbocycles. The molecule has 1 atom stereocenters. The Morgan fingerprint density at radius 3 is 2.23 bits per heavy atom. The second kappa shape index (κ2) is 7.66. The van der Waals surface area contributed by atoms with E-state index in [4.69, 9.17) is 14.2 Å². The third-order valence-corrected chi connectivity index (χ3v) is 3.46. The minimum absolute atomic E-state index is 0.565. The van der Waals surface area contributed by atoms with Gasteiger partial charge in [0.15, 0.2) is 11.5 Å². The number of nitrogens with zero attached hydrogens (tertiary/aromatic N) is 1. The Labute approximate surface area is 130 Å². The van der Waals surface area contributed by atoms with Crippen molar-refractivity contribution in [3.8, 4) is 17.2 Å². The molecule has 1 heterocycles. The summed E-state index contributed by atoms with van der Waals surface area (Å²) < 4.78 is 16.0. The maximum atomic E-state index is 10.2. The summed E-state index contributed by atoms with van der Waals surface area (Å²) in [5.41, 5.74) is 1.68. The zero-order chi connectivity index (χ0) is 15.9. The third kappa shape index (κ3) is 3.68. The number of hydrogen-bond donors (Lipinski definition) is 1. The molecule has 5 heteroatoms. The van der Waals surface area contributed by atoms with Gasteiger partial charge < -0.3 is 19.3 Å². The predicted molar refractivity (Wildman–Crippen MR) is 83.6 cm³/mol. The van der Waals surface area contributed by atoms with Gasteiger partial charge in [0.2, 0.25) is 5.75 Å². The van der Waals surface area contributed by atoms with Crippen LogP contribution in [-0.4, -0.2) is 31.4 Å². The lowest BCUT2D eigenvalue weighted by molar-refractivity contribution is 0.163. The molecule has 0 amide bonds. The fraction of sp³-hybridized carbons (Fsp3) is 0.353. The molecule has 2 rings (SSSR count). The van der Waals surface area contributed by atoms with Gasteiger partial charge in [-0.25, -0.2) is 0 Å². The van der Waals surface area contributed by atoms with Crippen molar-refractivity contribution in [2.45, 2.75) is 18.9 Å². The van der Waals surface area contributed by atoms with Crippen LogP contribution in [0, 0.1) is 0 Å². The molecule has 5 nitrogen and oxygen atoms in total. The van der Waals surface area contributed by atoms with Gasteiger partial charge in [0.05, 0.1) is 33.1 Å². The number of aromatic nitrogens is 1. The summed E-state index contributed by atoms with van der Waals surface area (Å²) in [6.07, 6.45) is 2.32. The lowest BCUT2D eigenvalue weighted by Crippen LogP contribution is -2.03. The van der Waals surface area contributed by atoms with Crippen molar-refractivity contribution in [1.82, 2.24) is 4.98 Å². The minimum Gasteiger partial charge on any atom is -0.493 e. The summed E-state index contributed by atoms with van der Waals surface area (Å²) >= 11 is 0. The number of pyridine rings is 1. The molecular formula is C17H21NO4. The van der Waals surface area contributed by atoms with Crippen molar-refractivity contribution < 1.29 is 19.3 Å². The second-order valence-electron chi connectivity index (χ2n) is 4.84. The van der Waals surface area contributed by atoms with E-state index in [-0.39, 0.29) is 0 Å². The molecule has 0 spiro atoms. The van der Waals surface area contributed by atoms with Crippen LogP contribution < -0.4 is 14.2 Å². The Hall–Kier alpha value is -2.27. The van der Waals surface area contributed by atoms with E-state index in [2.05, 4.69) is 4.98 Å². The molecule has 1 aromatic heterocycles. The van der Waals surface area contributed by atoms with Gasteiger partial charge in [-0.3, -0.25) is 4.98 Å². The Morgan fingerprint density at radius 2 is 1.73 bits per heavy atom. The van der Waals surface area contributed by atoms with Crippen LogP contribution in [0.1, 0.15) is 23.8 Å². The monoisotopic (exact) mass is 303 g/mol. The zero-order valence-corrected chi connectivity index (χ0v) is 13.1. The van der Waals surface area contributed by atoms with Crippen molar-refractivity contribution in [3.05, 3.63) is 47.8 Å². The molecular weight excluding hydrogens is 282 g/mol. The van der Waals surface area contributed by atoms with Gasteiger partial charge in [-0.2, -0.15) is 0 Å². The van der Waals surface area contributed by atoms with Crippen molar-refractivity contribution in [1.29, 1.82) is 0 Å². The summed E-state index contributed by atoms with van der Waals surface area (Å²) in [5.74, 6) is 1.80. The summed E-state index contributed by atoms with van der Waals surface area (Å²) in [6.45, 7) is 0. The number of methoxy groups -OCH3 is 3. The topological polar surface area (TPSA) is 60.8 Å². The molecule has 0 aliphatic rings. The molecule has 0 saturated carbocycles. The first kappa shape index (κ1) is 16.1. The summed E-state index contributed by atoms with van der Waals surface area (Å²) in [7, 11) is 4.75. The molecule has 118 valence electrons. The largest absolute Gasteiger partial charge is 0.493 e. The number of aryl methyl sites for hydroxylation is 1. The van der Waals surface area contributed by atoms with Crippen LogP contribution in [0.4, 0.5) is 0 Å². The first-order valence-electron chi connectivity index (χ1n) is 7.07. The van der Waals surface area contributed by atoms with Gasteiger partial charge >= 0.3 is 0 Å². The van der Waals surface area contributed by atoms with Gasteiger partial charge in [0, 0.05) is 6.20 Å². The van der Waals surface area contributed by atoms with E-state index in [0.29, 0.717) is 35.8 Å². The van der Waals surface area contributed by atoms with E-state index in [1.807, 2.05) is 30.3 Å². The van der Waals surface area contributed by atoms with Gasteiger partial charge in [-0.1, -0.05) is 6.07 Å². The number of hydrogen-bond acceptors (Lipinski definition) is 5. The fourth-order valence-corrected chi connectivity index (χ4v) is 2.30. The average Bonchev–Trinajstić information content (AvgIpc) is 2.59. The van der Waals surface area contributed by atoms with Crippen LogP contribution in [0.3, 0.4) is 0 Å². The normalized spacial score (nSPS) is 11.8. The maximum absolute atomic E-state index is 10.2. The molecule has 0 saturated heterocycles. The Balaban J connectivity index is 2.13. The average molecular weight is 303 g/mol. The lowest BCUT2D eigenvalue weighted by Gasteiger charge is -2.15. The van der Waals surface area contributed by atoms with E-state index in [9.17, 15) is 5.11 Å². The third-order valence-electron chi connectivity index (χ3n) is 3.46. The van der Waals surface area contributed by atoms with Crippen LogP contribution in [-0.2, 0) is 6.42 Å². The highest BCUT2D eigenvalue weighted by Crippen LogP contribution is 2.38.